The number of nitrogens with one attached hydrogen (secondary N) is 1. The third kappa shape index (κ3) is 7.86. The van der Waals surface area contributed by atoms with Crippen LogP contribution in [0.3, 0.4) is 0 Å². The molecule has 2 N–H and O–H groups in total. The summed E-state index contributed by atoms with van der Waals surface area (Å²) in [6, 6.07) is -1.08. The minimum absolute atomic E-state index is 0.382. The van der Waals surface area contributed by atoms with Crippen LogP contribution in [0.15, 0.2) is 0 Å². The molecule has 1 amide bonds. The second-order valence-corrected chi connectivity index (χ2v) is 3.60. The second kappa shape index (κ2) is 8.78. The molecule has 4 nitrogen and oxygen atoms in total. The molecular formula is C12H19NO3. The summed E-state index contributed by atoms with van der Waals surface area (Å²) in [7, 11) is 0. The predicted octanol–water partition coefficient (Wildman–Crippen LogP) is 1.55. The first-order valence-corrected chi connectivity index (χ1v) is 5.56. The Kier molecular flexibility index (Phi) is 7.96. The lowest BCUT2D eigenvalue weighted by Crippen LogP contribution is -2.38. The number of carboxylic acid groups (broad SMARTS) is 1. The average molecular weight is 225 g/mol. The van der Waals surface area contributed by atoms with E-state index in [1.807, 2.05) is 0 Å². The van der Waals surface area contributed by atoms with E-state index in [0.29, 0.717) is 6.42 Å². The zero-order chi connectivity index (χ0) is 12.4. The van der Waals surface area contributed by atoms with E-state index in [4.69, 9.17) is 5.11 Å². The van der Waals surface area contributed by atoms with Gasteiger partial charge in [0, 0.05) is 13.3 Å². The van der Waals surface area contributed by atoms with Crippen LogP contribution in [0.25, 0.3) is 0 Å². The lowest BCUT2D eigenvalue weighted by Gasteiger charge is -2.04. The number of aliphatic carboxylic acids is 1. The van der Waals surface area contributed by atoms with Gasteiger partial charge in [-0.2, -0.15) is 0 Å². The molecule has 0 aliphatic rings. The minimum atomic E-state index is -1.11. The van der Waals surface area contributed by atoms with Gasteiger partial charge in [0.2, 0.25) is 5.91 Å². The largest absolute Gasteiger partial charge is 0.479 e. The van der Waals surface area contributed by atoms with Gasteiger partial charge in [-0.25, -0.2) is 4.79 Å². The molecule has 0 aromatic heterocycles. The molecule has 0 aliphatic carbocycles. The van der Waals surface area contributed by atoms with Crippen LogP contribution in [0, 0.1) is 11.8 Å². The van der Waals surface area contributed by atoms with Gasteiger partial charge in [0.15, 0.2) is 6.04 Å². The van der Waals surface area contributed by atoms with E-state index in [9.17, 15) is 9.59 Å². The first-order chi connectivity index (χ1) is 7.57. The van der Waals surface area contributed by atoms with Crippen LogP contribution in [0.1, 0.15) is 46.0 Å². The minimum Gasteiger partial charge on any atom is -0.479 e. The SMILES string of the molecule is CCCCCCC#CC(NC(C)=O)C(=O)O. The molecule has 1 unspecified atom stereocenters. The fourth-order valence-corrected chi connectivity index (χ4v) is 1.18. The van der Waals surface area contributed by atoms with Gasteiger partial charge in [-0.3, -0.25) is 4.79 Å². The summed E-state index contributed by atoms with van der Waals surface area (Å²) in [5.74, 6) is 3.84. The highest BCUT2D eigenvalue weighted by atomic mass is 16.4. The van der Waals surface area contributed by atoms with Crippen molar-refractivity contribution in [2.24, 2.45) is 0 Å². The maximum atomic E-state index is 10.7. The van der Waals surface area contributed by atoms with Crippen LogP contribution in [-0.2, 0) is 9.59 Å². The van der Waals surface area contributed by atoms with E-state index >= 15 is 0 Å². The molecule has 0 spiro atoms. The Bertz CT molecular complexity index is 288. The Labute approximate surface area is 96.4 Å². The van der Waals surface area contributed by atoms with E-state index in [2.05, 4.69) is 24.1 Å². The highest BCUT2D eigenvalue weighted by molar-refractivity contribution is 5.84. The van der Waals surface area contributed by atoms with Crippen molar-refractivity contribution in [3.8, 4) is 11.8 Å². The maximum absolute atomic E-state index is 10.7. The molecule has 0 saturated carbocycles. The molecule has 0 saturated heterocycles. The van der Waals surface area contributed by atoms with Gasteiger partial charge in [-0.15, -0.1) is 5.92 Å². The highest BCUT2D eigenvalue weighted by Crippen LogP contribution is 2.00. The Hall–Kier alpha value is -1.50. The summed E-state index contributed by atoms with van der Waals surface area (Å²) in [4.78, 5) is 21.4. The van der Waals surface area contributed by atoms with Gasteiger partial charge in [0.05, 0.1) is 0 Å². The third-order valence-corrected chi connectivity index (χ3v) is 2.00. The summed E-state index contributed by atoms with van der Waals surface area (Å²) in [6.07, 6.45) is 5.12. The Morgan fingerprint density at radius 3 is 2.50 bits per heavy atom. The summed E-state index contributed by atoms with van der Waals surface area (Å²) in [5.41, 5.74) is 0. The number of carboxylic acids is 1. The smallest absolute Gasteiger partial charge is 0.338 e. The number of rotatable bonds is 6. The van der Waals surface area contributed by atoms with Crippen molar-refractivity contribution in [3.05, 3.63) is 0 Å². The number of amides is 1. The van der Waals surface area contributed by atoms with Crippen LogP contribution >= 0.6 is 0 Å². The predicted molar refractivity (Wildman–Crippen MR) is 61.8 cm³/mol. The fourth-order valence-electron chi connectivity index (χ4n) is 1.18. The number of hydrogen-bond donors (Lipinski definition) is 2. The fraction of sp³-hybridized carbons (Fsp3) is 0.667. The summed E-state index contributed by atoms with van der Waals surface area (Å²) in [6.45, 7) is 3.40. The van der Waals surface area contributed by atoms with Crippen LogP contribution in [-0.4, -0.2) is 23.0 Å². The second-order valence-electron chi connectivity index (χ2n) is 3.60. The van der Waals surface area contributed by atoms with E-state index in [1.54, 1.807) is 0 Å². The Balaban J connectivity index is 3.94. The van der Waals surface area contributed by atoms with Crippen LogP contribution < -0.4 is 5.32 Å². The standard InChI is InChI=1S/C12H19NO3/c1-3-4-5-6-7-8-9-11(12(15)16)13-10(2)14/h11H,3-7H2,1-2H3,(H,13,14)(H,15,16). The van der Waals surface area contributed by atoms with Crippen molar-refractivity contribution in [1.82, 2.24) is 5.32 Å². The van der Waals surface area contributed by atoms with Crippen molar-refractivity contribution < 1.29 is 14.7 Å². The molecule has 0 heterocycles. The van der Waals surface area contributed by atoms with E-state index < -0.39 is 12.0 Å². The monoisotopic (exact) mass is 225 g/mol. The normalized spacial score (nSPS) is 11.1. The van der Waals surface area contributed by atoms with Crippen LogP contribution in [0.4, 0.5) is 0 Å². The van der Waals surface area contributed by atoms with E-state index in [0.717, 1.165) is 19.3 Å². The number of unbranched alkanes of at least 4 members (excludes halogenated alkanes) is 4. The van der Waals surface area contributed by atoms with Gasteiger partial charge in [-0.05, 0) is 6.42 Å². The highest BCUT2D eigenvalue weighted by Gasteiger charge is 2.14. The van der Waals surface area contributed by atoms with Gasteiger partial charge >= 0.3 is 5.97 Å². The Morgan fingerprint density at radius 2 is 2.00 bits per heavy atom. The van der Waals surface area contributed by atoms with Crippen molar-refractivity contribution >= 4 is 11.9 Å². The Morgan fingerprint density at radius 1 is 1.31 bits per heavy atom. The summed E-state index contributed by atoms with van der Waals surface area (Å²) >= 11 is 0. The molecule has 0 aromatic rings. The van der Waals surface area contributed by atoms with Gasteiger partial charge in [-0.1, -0.05) is 32.1 Å². The third-order valence-electron chi connectivity index (χ3n) is 2.00. The van der Waals surface area contributed by atoms with Gasteiger partial charge in [0.1, 0.15) is 0 Å². The topological polar surface area (TPSA) is 66.4 Å². The van der Waals surface area contributed by atoms with Crippen molar-refractivity contribution in [2.45, 2.75) is 52.0 Å². The van der Waals surface area contributed by atoms with E-state index in [-0.39, 0.29) is 5.91 Å². The molecule has 4 heteroatoms. The van der Waals surface area contributed by atoms with Crippen LogP contribution in [0.5, 0.6) is 0 Å². The lowest BCUT2D eigenvalue weighted by molar-refractivity contribution is -0.139. The molecule has 1 atom stereocenters. The number of carbonyl (C=O) groups excluding carboxylic acids is 1. The zero-order valence-corrected chi connectivity index (χ0v) is 9.88. The van der Waals surface area contributed by atoms with Gasteiger partial charge in [0.25, 0.3) is 0 Å². The number of carbonyl (C=O) groups is 2. The molecule has 0 aromatic carbocycles. The number of hydrogen-bond acceptors (Lipinski definition) is 2. The van der Waals surface area contributed by atoms with Crippen molar-refractivity contribution in [3.63, 3.8) is 0 Å². The van der Waals surface area contributed by atoms with Crippen LogP contribution in [0.2, 0.25) is 0 Å². The quantitative estimate of drug-likeness (QED) is 0.532. The summed E-state index contributed by atoms with van der Waals surface area (Å²) in [5, 5.41) is 11.0. The molecule has 90 valence electrons. The molecule has 0 fully saturated rings. The molecule has 0 bridgehead atoms. The van der Waals surface area contributed by atoms with Crippen molar-refractivity contribution in [2.75, 3.05) is 0 Å². The lowest BCUT2D eigenvalue weighted by atomic mass is 10.1. The molecule has 16 heavy (non-hydrogen) atoms. The van der Waals surface area contributed by atoms with E-state index in [1.165, 1.54) is 13.3 Å². The first-order valence-electron chi connectivity index (χ1n) is 5.56. The molecule has 0 rings (SSSR count). The maximum Gasteiger partial charge on any atom is 0.338 e. The molecule has 0 aliphatic heterocycles. The van der Waals surface area contributed by atoms with Gasteiger partial charge < -0.3 is 10.4 Å². The van der Waals surface area contributed by atoms with Crippen molar-refractivity contribution in [1.29, 1.82) is 0 Å². The molecule has 0 radical (unpaired) electrons. The average Bonchev–Trinajstić information content (AvgIpc) is 2.20. The summed E-state index contributed by atoms with van der Waals surface area (Å²) < 4.78 is 0. The first kappa shape index (κ1) is 14.5. The molecular weight excluding hydrogens is 206 g/mol. The zero-order valence-electron chi connectivity index (χ0n) is 9.88.